The van der Waals surface area contributed by atoms with Crippen molar-refractivity contribution in [1.29, 1.82) is 0 Å². The Morgan fingerprint density at radius 1 is 1.56 bits per heavy atom. The van der Waals surface area contributed by atoms with E-state index >= 15 is 0 Å². The third-order valence-electron chi connectivity index (χ3n) is 2.43. The molecule has 2 N–H and O–H groups in total. The minimum atomic E-state index is 0.427. The Morgan fingerprint density at radius 3 is 2.75 bits per heavy atom. The Hall–Kier alpha value is -1.16. The number of aromatic nitrogens is 1. The predicted molar refractivity (Wildman–Crippen MR) is 72.9 cm³/mol. The number of hydrogen-bond acceptors (Lipinski definition) is 3. The molecule has 0 saturated carbocycles. The molecule has 0 saturated heterocycles. The number of pyridine rings is 1. The van der Waals surface area contributed by atoms with E-state index in [4.69, 9.17) is 18.0 Å². The number of nitrogens with two attached hydrogens (primary N) is 1. The van der Waals surface area contributed by atoms with E-state index in [1.54, 1.807) is 0 Å². The van der Waals surface area contributed by atoms with Crippen LogP contribution in [0.5, 0.6) is 0 Å². The van der Waals surface area contributed by atoms with E-state index in [0.717, 1.165) is 18.7 Å². The molecule has 0 atom stereocenters. The second kappa shape index (κ2) is 5.80. The first kappa shape index (κ1) is 12.9. The molecule has 3 nitrogen and oxygen atoms in total. The van der Waals surface area contributed by atoms with Crippen LogP contribution in [0.4, 0.5) is 5.69 Å². The Bertz CT molecular complexity index is 363. The lowest BCUT2D eigenvalue weighted by Crippen LogP contribution is -2.33. The molecule has 0 bridgehead atoms. The van der Waals surface area contributed by atoms with Gasteiger partial charge in [0, 0.05) is 36.6 Å². The highest BCUT2D eigenvalue weighted by atomic mass is 32.1. The van der Waals surface area contributed by atoms with Gasteiger partial charge in [-0.3, -0.25) is 4.98 Å². The van der Waals surface area contributed by atoms with Gasteiger partial charge in [-0.1, -0.05) is 12.2 Å². The fourth-order valence-corrected chi connectivity index (χ4v) is 1.72. The maximum Gasteiger partial charge on any atom is 0.0745 e. The van der Waals surface area contributed by atoms with Gasteiger partial charge in [-0.25, -0.2) is 0 Å². The van der Waals surface area contributed by atoms with Crippen molar-refractivity contribution >= 4 is 22.9 Å². The molecule has 0 amide bonds. The van der Waals surface area contributed by atoms with Gasteiger partial charge in [0.25, 0.3) is 0 Å². The molecule has 0 radical (unpaired) electrons. The third-order valence-corrected chi connectivity index (χ3v) is 2.64. The number of rotatable bonds is 5. The fraction of sp³-hybridized carbons (Fsp3) is 0.500. The van der Waals surface area contributed by atoms with Gasteiger partial charge in [-0.05, 0) is 32.9 Å². The SMILES string of the molecule is Cc1cc(N(CCC(N)=S)C(C)C)ccn1. The molecule has 0 aliphatic heterocycles. The molecule has 0 fully saturated rings. The zero-order valence-electron chi connectivity index (χ0n) is 10.1. The second-order valence-electron chi connectivity index (χ2n) is 4.16. The first-order valence-corrected chi connectivity index (χ1v) is 5.89. The number of nitrogens with zero attached hydrogens (tertiary/aromatic N) is 2. The highest BCUT2D eigenvalue weighted by molar-refractivity contribution is 7.80. The van der Waals surface area contributed by atoms with Crippen molar-refractivity contribution in [2.45, 2.75) is 33.2 Å². The molecule has 1 aromatic rings. The van der Waals surface area contributed by atoms with Crippen LogP contribution in [0.2, 0.25) is 0 Å². The quantitative estimate of drug-likeness (QED) is 0.798. The minimum Gasteiger partial charge on any atom is -0.393 e. The van der Waals surface area contributed by atoms with Crippen LogP contribution in [0.25, 0.3) is 0 Å². The highest BCUT2D eigenvalue weighted by Crippen LogP contribution is 2.17. The summed E-state index contributed by atoms with van der Waals surface area (Å²) in [5.74, 6) is 0. The first-order chi connectivity index (χ1) is 7.50. The Kier molecular flexibility index (Phi) is 4.68. The molecule has 0 aromatic carbocycles. The van der Waals surface area contributed by atoms with Crippen molar-refractivity contribution in [3.8, 4) is 0 Å². The lowest BCUT2D eigenvalue weighted by Gasteiger charge is -2.29. The Balaban J connectivity index is 2.81. The molecular formula is C12H19N3S. The number of anilines is 1. The van der Waals surface area contributed by atoms with Gasteiger partial charge in [-0.2, -0.15) is 0 Å². The van der Waals surface area contributed by atoms with Gasteiger partial charge in [-0.15, -0.1) is 0 Å². The normalized spacial score (nSPS) is 10.5. The number of hydrogen-bond donors (Lipinski definition) is 1. The zero-order chi connectivity index (χ0) is 12.1. The average Bonchev–Trinajstić information content (AvgIpc) is 2.17. The summed E-state index contributed by atoms with van der Waals surface area (Å²) in [6.45, 7) is 7.18. The van der Waals surface area contributed by atoms with Crippen LogP contribution in [0.15, 0.2) is 18.3 Å². The van der Waals surface area contributed by atoms with Crippen molar-refractivity contribution < 1.29 is 0 Å². The molecule has 0 unspecified atom stereocenters. The van der Waals surface area contributed by atoms with E-state index < -0.39 is 0 Å². The molecule has 0 spiro atoms. The predicted octanol–water partition coefficient (Wildman–Crippen LogP) is 2.28. The van der Waals surface area contributed by atoms with E-state index in [1.807, 2.05) is 19.2 Å². The smallest absolute Gasteiger partial charge is 0.0745 e. The van der Waals surface area contributed by atoms with E-state index in [0.29, 0.717) is 11.0 Å². The van der Waals surface area contributed by atoms with Crippen LogP contribution in [0.1, 0.15) is 26.0 Å². The molecule has 1 rings (SSSR count). The summed E-state index contributed by atoms with van der Waals surface area (Å²) < 4.78 is 0. The summed E-state index contributed by atoms with van der Waals surface area (Å²) >= 11 is 4.91. The largest absolute Gasteiger partial charge is 0.393 e. The number of thiocarbonyl (C=S) groups is 1. The molecule has 0 aliphatic rings. The van der Waals surface area contributed by atoms with Crippen LogP contribution >= 0.6 is 12.2 Å². The Morgan fingerprint density at radius 2 is 2.25 bits per heavy atom. The van der Waals surface area contributed by atoms with Gasteiger partial charge in [0.15, 0.2) is 0 Å². The summed E-state index contributed by atoms with van der Waals surface area (Å²) in [5.41, 5.74) is 7.75. The van der Waals surface area contributed by atoms with Gasteiger partial charge < -0.3 is 10.6 Å². The highest BCUT2D eigenvalue weighted by Gasteiger charge is 2.10. The van der Waals surface area contributed by atoms with Crippen LogP contribution in [-0.2, 0) is 0 Å². The van der Waals surface area contributed by atoms with E-state index in [-0.39, 0.29) is 0 Å². The summed E-state index contributed by atoms with van der Waals surface area (Å²) in [7, 11) is 0. The number of aryl methyl sites for hydroxylation is 1. The molecule has 1 heterocycles. The summed E-state index contributed by atoms with van der Waals surface area (Å²) in [6, 6.07) is 4.53. The van der Waals surface area contributed by atoms with Crippen LogP contribution in [0.3, 0.4) is 0 Å². The van der Waals surface area contributed by atoms with Crippen LogP contribution < -0.4 is 10.6 Å². The fourth-order valence-electron chi connectivity index (χ4n) is 1.63. The maximum absolute atomic E-state index is 5.54. The molecule has 0 aliphatic carbocycles. The first-order valence-electron chi connectivity index (χ1n) is 5.48. The molecule has 88 valence electrons. The van der Waals surface area contributed by atoms with Crippen molar-refractivity contribution in [2.24, 2.45) is 5.73 Å². The molecule has 16 heavy (non-hydrogen) atoms. The second-order valence-corrected chi connectivity index (χ2v) is 4.68. The maximum atomic E-state index is 5.54. The third kappa shape index (κ3) is 3.77. The molecule has 4 heteroatoms. The van der Waals surface area contributed by atoms with Crippen molar-refractivity contribution in [2.75, 3.05) is 11.4 Å². The lowest BCUT2D eigenvalue weighted by atomic mass is 10.2. The Labute approximate surface area is 103 Å². The van der Waals surface area contributed by atoms with Crippen molar-refractivity contribution in [3.63, 3.8) is 0 Å². The molecular weight excluding hydrogens is 218 g/mol. The van der Waals surface area contributed by atoms with Crippen molar-refractivity contribution in [1.82, 2.24) is 4.98 Å². The minimum absolute atomic E-state index is 0.427. The monoisotopic (exact) mass is 237 g/mol. The lowest BCUT2D eigenvalue weighted by molar-refractivity contribution is 0.690. The summed E-state index contributed by atoms with van der Waals surface area (Å²) in [5, 5.41) is 0. The van der Waals surface area contributed by atoms with Gasteiger partial charge in [0.05, 0.1) is 4.99 Å². The molecule has 1 aromatic heterocycles. The summed E-state index contributed by atoms with van der Waals surface area (Å²) in [4.78, 5) is 7.05. The van der Waals surface area contributed by atoms with E-state index in [1.165, 1.54) is 5.69 Å². The van der Waals surface area contributed by atoms with E-state index in [9.17, 15) is 0 Å². The standard InChI is InChI=1S/C12H19N3S/c1-9(2)15(7-5-12(13)16)11-4-6-14-10(3)8-11/h4,6,8-9H,5,7H2,1-3H3,(H2,13,16). The summed E-state index contributed by atoms with van der Waals surface area (Å²) in [6.07, 6.45) is 2.58. The van der Waals surface area contributed by atoms with Crippen molar-refractivity contribution in [3.05, 3.63) is 24.0 Å². The van der Waals surface area contributed by atoms with Gasteiger partial charge in [0.1, 0.15) is 0 Å². The average molecular weight is 237 g/mol. The topological polar surface area (TPSA) is 42.1 Å². The van der Waals surface area contributed by atoms with Crippen LogP contribution in [-0.4, -0.2) is 22.6 Å². The van der Waals surface area contributed by atoms with Crippen LogP contribution in [0, 0.1) is 6.92 Å². The van der Waals surface area contributed by atoms with Gasteiger partial charge >= 0.3 is 0 Å². The van der Waals surface area contributed by atoms with Gasteiger partial charge in [0.2, 0.25) is 0 Å². The zero-order valence-corrected chi connectivity index (χ0v) is 10.9. The van der Waals surface area contributed by atoms with E-state index in [2.05, 4.69) is 29.8 Å².